The van der Waals surface area contributed by atoms with Gasteiger partial charge in [0, 0.05) is 48.7 Å². The van der Waals surface area contributed by atoms with Gasteiger partial charge in [-0.05, 0) is 43.5 Å². The maximum atomic E-state index is 13.0. The summed E-state index contributed by atoms with van der Waals surface area (Å²) in [7, 11) is 1.92. The van der Waals surface area contributed by atoms with Gasteiger partial charge in [-0.3, -0.25) is 9.78 Å². The van der Waals surface area contributed by atoms with Crippen LogP contribution >= 0.6 is 23.8 Å². The number of aromatic nitrogens is 1. The van der Waals surface area contributed by atoms with E-state index in [1.165, 1.54) is 0 Å². The van der Waals surface area contributed by atoms with Gasteiger partial charge in [0.15, 0.2) is 5.75 Å². The molecule has 34 heavy (non-hydrogen) atoms. The van der Waals surface area contributed by atoms with E-state index in [1.807, 2.05) is 43.1 Å². The van der Waals surface area contributed by atoms with Crippen molar-refractivity contribution in [1.82, 2.24) is 10.3 Å². The molecule has 180 valence electrons. The second kappa shape index (κ2) is 10.7. The van der Waals surface area contributed by atoms with Crippen molar-refractivity contribution in [2.24, 2.45) is 5.92 Å². The van der Waals surface area contributed by atoms with Crippen LogP contribution in [0.2, 0.25) is 5.02 Å². The molecule has 1 aromatic carbocycles. The van der Waals surface area contributed by atoms with Crippen LogP contribution in [-0.4, -0.2) is 48.8 Å². The topological polar surface area (TPSA) is 75.7 Å². The van der Waals surface area contributed by atoms with Crippen molar-refractivity contribution in [2.45, 2.75) is 32.8 Å². The molecule has 3 heterocycles. The Morgan fingerprint density at radius 1 is 1.41 bits per heavy atom. The summed E-state index contributed by atoms with van der Waals surface area (Å²) in [6, 6.07) is 7.44. The molecule has 2 aliphatic rings. The molecule has 9 heteroatoms. The highest BCUT2D eigenvalue weighted by atomic mass is 35.5. The summed E-state index contributed by atoms with van der Waals surface area (Å²) in [6.45, 7) is 5.72. The Hall–Kier alpha value is -2.68. The molecule has 2 atom stereocenters. The normalized spacial score (nSPS) is 20.2. The van der Waals surface area contributed by atoms with E-state index in [-0.39, 0.29) is 17.9 Å². The second-order valence-electron chi connectivity index (χ2n) is 8.59. The summed E-state index contributed by atoms with van der Waals surface area (Å²) in [5.74, 6) is 0.445. The van der Waals surface area contributed by atoms with Gasteiger partial charge in [0.1, 0.15) is 11.6 Å². The predicted octanol–water partition coefficient (Wildman–Crippen LogP) is 4.50. The summed E-state index contributed by atoms with van der Waals surface area (Å²) in [4.78, 5) is 19.6. The number of ether oxygens (including phenoxy) is 2. The zero-order chi connectivity index (χ0) is 24.2. The van der Waals surface area contributed by atoms with Crippen LogP contribution < -0.4 is 20.3 Å². The number of hydrogen-bond donors (Lipinski definition) is 2. The largest absolute Gasteiger partial charge is 0.487 e. The lowest BCUT2D eigenvalue weighted by molar-refractivity contribution is -0.117. The Labute approximate surface area is 210 Å². The summed E-state index contributed by atoms with van der Waals surface area (Å²) < 4.78 is 11.8. The molecule has 2 aliphatic heterocycles. The number of halogens is 1. The first kappa shape index (κ1) is 24.4. The van der Waals surface area contributed by atoms with Gasteiger partial charge in [-0.1, -0.05) is 36.8 Å². The zero-order valence-electron chi connectivity index (χ0n) is 19.6. The predicted molar refractivity (Wildman–Crippen MR) is 139 cm³/mol. The molecule has 2 aromatic rings. The van der Waals surface area contributed by atoms with E-state index in [0.717, 1.165) is 42.1 Å². The van der Waals surface area contributed by atoms with Gasteiger partial charge in [0.05, 0.1) is 23.6 Å². The first-order valence-corrected chi connectivity index (χ1v) is 12.2. The van der Waals surface area contributed by atoms with E-state index >= 15 is 0 Å². The number of rotatable bonds is 7. The van der Waals surface area contributed by atoms with Gasteiger partial charge in [0.2, 0.25) is 0 Å². The number of benzene rings is 1. The third kappa shape index (κ3) is 5.19. The smallest absolute Gasteiger partial charge is 0.256 e. The maximum Gasteiger partial charge on any atom is 0.256 e. The average molecular weight is 501 g/mol. The van der Waals surface area contributed by atoms with E-state index in [9.17, 15) is 4.79 Å². The van der Waals surface area contributed by atoms with Gasteiger partial charge < -0.3 is 25.0 Å². The quantitative estimate of drug-likeness (QED) is 0.542. The number of amides is 1. The van der Waals surface area contributed by atoms with Gasteiger partial charge in [0.25, 0.3) is 5.91 Å². The van der Waals surface area contributed by atoms with Crippen molar-refractivity contribution < 1.29 is 14.3 Å². The standard InChI is InChI=1S/C25H29ClN4O3S/c1-15-12-28-24(31)22(25(34)29-19-8-4-7-18(26)16(19)2)23(15)30(3)20-9-10-27-13-21(20)33-14-17-6-5-11-32-17/h4,7-10,13,15,17H,5-6,11-12,14H2,1-3H3,(H,28,31)(H,29,34). The van der Waals surface area contributed by atoms with Gasteiger partial charge in [-0.2, -0.15) is 0 Å². The SMILES string of the molecule is Cc1c(Cl)cccc1NC(=S)C1=C(N(C)c2ccncc2OCC2CCCO2)C(C)CNC1=O. The molecule has 1 saturated heterocycles. The van der Waals surface area contributed by atoms with Crippen molar-refractivity contribution in [2.75, 3.05) is 37.0 Å². The van der Waals surface area contributed by atoms with Crippen LogP contribution in [-0.2, 0) is 9.53 Å². The number of carbonyl (C=O) groups is 1. The number of thiocarbonyl (C=S) groups is 1. The van der Waals surface area contributed by atoms with Gasteiger partial charge in [-0.15, -0.1) is 0 Å². The van der Waals surface area contributed by atoms with Crippen molar-refractivity contribution in [3.05, 3.63) is 58.5 Å². The molecular formula is C25H29ClN4O3S. The minimum absolute atomic E-state index is 0.0251. The van der Waals surface area contributed by atoms with Crippen molar-refractivity contribution >= 4 is 46.1 Å². The number of pyridine rings is 1. The monoisotopic (exact) mass is 500 g/mol. The van der Waals surface area contributed by atoms with Crippen LogP contribution in [0.5, 0.6) is 5.75 Å². The minimum atomic E-state index is -0.215. The number of nitrogens with one attached hydrogen (secondary N) is 2. The average Bonchev–Trinajstić information content (AvgIpc) is 3.35. The molecule has 1 fully saturated rings. The molecule has 0 aliphatic carbocycles. The van der Waals surface area contributed by atoms with Gasteiger partial charge >= 0.3 is 0 Å². The van der Waals surface area contributed by atoms with E-state index in [4.69, 9.17) is 33.3 Å². The minimum Gasteiger partial charge on any atom is -0.487 e. The fourth-order valence-electron chi connectivity index (χ4n) is 4.29. The molecule has 2 unspecified atom stereocenters. The Kier molecular flexibility index (Phi) is 7.70. The van der Waals surface area contributed by atoms with Gasteiger partial charge in [-0.25, -0.2) is 0 Å². The molecule has 0 radical (unpaired) electrons. The molecule has 2 N–H and O–H groups in total. The van der Waals surface area contributed by atoms with E-state index in [0.29, 0.717) is 34.5 Å². The Balaban J connectivity index is 1.66. The first-order chi connectivity index (χ1) is 16.4. The Bertz CT molecular complexity index is 1120. The summed E-state index contributed by atoms with van der Waals surface area (Å²) in [5, 5.41) is 6.81. The summed E-state index contributed by atoms with van der Waals surface area (Å²) in [6.07, 6.45) is 5.53. The summed E-state index contributed by atoms with van der Waals surface area (Å²) in [5.41, 5.74) is 3.68. The fourth-order valence-corrected chi connectivity index (χ4v) is 4.77. The highest BCUT2D eigenvalue weighted by Gasteiger charge is 2.32. The fraction of sp³-hybridized carbons (Fsp3) is 0.400. The van der Waals surface area contributed by atoms with Crippen LogP contribution in [0.3, 0.4) is 0 Å². The zero-order valence-corrected chi connectivity index (χ0v) is 21.1. The highest BCUT2D eigenvalue weighted by molar-refractivity contribution is 7.81. The maximum absolute atomic E-state index is 13.0. The summed E-state index contributed by atoms with van der Waals surface area (Å²) >= 11 is 12.0. The van der Waals surface area contributed by atoms with Crippen molar-refractivity contribution in [1.29, 1.82) is 0 Å². The number of hydrogen-bond acceptors (Lipinski definition) is 6. The molecule has 0 spiro atoms. The van der Waals surface area contributed by atoms with Crippen LogP contribution in [0, 0.1) is 12.8 Å². The van der Waals surface area contributed by atoms with E-state index < -0.39 is 0 Å². The van der Waals surface area contributed by atoms with Crippen molar-refractivity contribution in [3.63, 3.8) is 0 Å². The lowest BCUT2D eigenvalue weighted by Crippen LogP contribution is -2.44. The molecular weight excluding hydrogens is 472 g/mol. The molecule has 4 rings (SSSR count). The molecule has 0 saturated carbocycles. The molecule has 1 aromatic heterocycles. The highest BCUT2D eigenvalue weighted by Crippen LogP contribution is 2.34. The number of nitrogens with zero attached hydrogens (tertiary/aromatic N) is 2. The molecule has 1 amide bonds. The van der Waals surface area contributed by atoms with Crippen LogP contribution in [0.25, 0.3) is 0 Å². The second-order valence-corrected chi connectivity index (χ2v) is 9.40. The number of anilines is 2. The van der Waals surface area contributed by atoms with Crippen LogP contribution in [0.4, 0.5) is 11.4 Å². The Morgan fingerprint density at radius 2 is 2.24 bits per heavy atom. The molecule has 0 bridgehead atoms. The lowest BCUT2D eigenvalue weighted by Gasteiger charge is -2.34. The van der Waals surface area contributed by atoms with Crippen LogP contribution in [0.1, 0.15) is 25.3 Å². The van der Waals surface area contributed by atoms with E-state index in [1.54, 1.807) is 12.4 Å². The van der Waals surface area contributed by atoms with Crippen molar-refractivity contribution in [3.8, 4) is 5.75 Å². The molecule has 7 nitrogen and oxygen atoms in total. The Morgan fingerprint density at radius 3 is 3.00 bits per heavy atom. The lowest BCUT2D eigenvalue weighted by atomic mass is 9.95. The van der Waals surface area contributed by atoms with Crippen LogP contribution in [0.15, 0.2) is 47.9 Å². The third-order valence-electron chi connectivity index (χ3n) is 6.20. The van der Waals surface area contributed by atoms with E-state index in [2.05, 4.69) is 22.5 Å². The number of carbonyl (C=O) groups excluding carboxylic acids is 1. The first-order valence-electron chi connectivity index (χ1n) is 11.4. The third-order valence-corrected chi connectivity index (χ3v) is 6.91.